The second-order valence-electron chi connectivity index (χ2n) is 4.00. The molecule has 0 saturated carbocycles. The number of aromatic nitrogens is 3. The molecule has 2 aromatic heterocycles. The Bertz CT molecular complexity index is 803. The summed E-state index contributed by atoms with van der Waals surface area (Å²) in [6, 6.07) is 9.42. The first-order chi connectivity index (χ1) is 9.74. The van der Waals surface area contributed by atoms with E-state index in [-0.39, 0.29) is 5.89 Å². The van der Waals surface area contributed by atoms with Gasteiger partial charge in [-0.2, -0.15) is 0 Å². The van der Waals surface area contributed by atoms with Crippen molar-refractivity contribution in [2.24, 2.45) is 0 Å². The molecule has 0 spiro atoms. The van der Waals surface area contributed by atoms with Crippen molar-refractivity contribution in [3.63, 3.8) is 0 Å². The predicted octanol–water partition coefficient (Wildman–Crippen LogP) is 2.38. The van der Waals surface area contributed by atoms with E-state index in [9.17, 15) is 4.79 Å². The van der Waals surface area contributed by atoms with Crippen LogP contribution in [0, 0.1) is 0 Å². The molecule has 0 saturated heterocycles. The van der Waals surface area contributed by atoms with Crippen LogP contribution in [-0.4, -0.2) is 26.3 Å². The molecule has 2 heterocycles. The Labute approximate surface area is 113 Å². The van der Waals surface area contributed by atoms with E-state index in [4.69, 9.17) is 9.52 Å². The summed E-state index contributed by atoms with van der Waals surface area (Å²) >= 11 is 0. The smallest absolute Gasteiger partial charge is 0.328 e. The van der Waals surface area contributed by atoms with Gasteiger partial charge in [-0.3, -0.25) is 4.98 Å². The molecule has 3 aromatic rings. The number of hydrogen-bond acceptors (Lipinski definition) is 5. The summed E-state index contributed by atoms with van der Waals surface area (Å²) < 4.78 is 5.42. The number of pyridine rings is 1. The third-order valence-electron chi connectivity index (χ3n) is 2.67. The summed E-state index contributed by atoms with van der Waals surface area (Å²) in [5.74, 6) is -0.633. The third kappa shape index (κ3) is 2.26. The molecule has 0 bridgehead atoms. The van der Waals surface area contributed by atoms with Crippen LogP contribution in [0.25, 0.3) is 28.4 Å². The number of benzene rings is 1. The highest BCUT2D eigenvalue weighted by molar-refractivity contribution is 5.91. The van der Waals surface area contributed by atoms with E-state index in [1.165, 1.54) is 6.08 Å². The van der Waals surface area contributed by atoms with Crippen LogP contribution in [0.15, 0.2) is 47.0 Å². The van der Waals surface area contributed by atoms with Crippen LogP contribution in [0.4, 0.5) is 0 Å². The average Bonchev–Trinajstić information content (AvgIpc) is 2.93. The van der Waals surface area contributed by atoms with E-state index >= 15 is 0 Å². The van der Waals surface area contributed by atoms with Gasteiger partial charge in [0.05, 0.1) is 11.1 Å². The summed E-state index contributed by atoms with van der Waals surface area (Å²) in [4.78, 5) is 14.7. The Morgan fingerprint density at radius 2 is 2.05 bits per heavy atom. The van der Waals surface area contributed by atoms with Crippen molar-refractivity contribution in [2.75, 3.05) is 0 Å². The molecule has 6 heteroatoms. The van der Waals surface area contributed by atoms with Crippen molar-refractivity contribution in [1.29, 1.82) is 0 Å². The molecule has 3 rings (SSSR count). The number of hydrogen-bond donors (Lipinski definition) is 1. The van der Waals surface area contributed by atoms with Gasteiger partial charge in [0.25, 0.3) is 0 Å². The zero-order valence-electron chi connectivity index (χ0n) is 10.2. The largest absolute Gasteiger partial charge is 0.478 e. The minimum atomic E-state index is -1.07. The maximum Gasteiger partial charge on any atom is 0.328 e. The molecule has 1 aromatic carbocycles. The monoisotopic (exact) mass is 267 g/mol. The number of rotatable bonds is 3. The van der Waals surface area contributed by atoms with E-state index in [1.54, 1.807) is 6.20 Å². The van der Waals surface area contributed by atoms with Crippen molar-refractivity contribution in [3.8, 4) is 11.5 Å². The van der Waals surface area contributed by atoms with E-state index in [2.05, 4.69) is 15.2 Å². The van der Waals surface area contributed by atoms with Crippen LogP contribution >= 0.6 is 0 Å². The summed E-state index contributed by atoms with van der Waals surface area (Å²) in [7, 11) is 0. The SMILES string of the molecule is O=C(O)/C=C/c1nnc(-c2cccc3cccnc23)o1. The first-order valence-electron chi connectivity index (χ1n) is 5.83. The Hall–Kier alpha value is -3.02. The van der Waals surface area contributed by atoms with Crippen molar-refractivity contribution in [2.45, 2.75) is 0 Å². The lowest BCUT2D eigenvalue weighted by Crippen LogP contribution is -1.85. The molecule has 6 nitrogen and oxygen atoms in total. The molecule has 0 atom stereocenters. The van der Waals surface area contributed by atoms with Gasteiger partial charge in [0.2, 0.25) is 11.8 Å². The molecular formula is C14H9N3O3. The van der Waals surface area contributed by atoms with Crippen molar-refractivity contribution >= 4 is 22.9 Å². The van der Waals surface area contributed by atoms with Crippen molar-refractivity contribution < 1.29 is 14.3 Å². The number of nitrogens with zero attached hydrogens (tertiary/aromatic N) is 3. The number of para-hydroxylation sites is 1. The van der Waals surface area contributed by atoms with Gasteiger partial charge in [-0.15, -0.1) is 10.2 Å². The highest BCUT2D eigenvalue weighted by Gasteiger charge is 2.11. The number of aliphatic carboxylic acids is 1. The van der Waals surface area contributed by atoms with Gasteiger partial charge in [0, 0.05) is 23.7 Å². The Kier molecular flexibility index (Phi) is 2.96. The van der Waals surface area contributed by atoms with E-state index < -0.39 is 5.97 Å². The normalized spacial score (nSPS) is 11.2. The van der Waals surface area contributed by atoms with E-state index in [0.29, 0.717) is 11.5 Å². The van der Waals surface area contributed by atoms with Crippen LogP contribution in [0.3, 0.4) is 0 Å². The number of carboxylic acid groups (broad SMARTS) is 1. The first kappa shape index (κ1) is 12.0. The minimum Gasteiger partial charge on any atom is -0.478 e. The topological polar surface area (TPSA) is 89.1 Å². The third-order valence-corrected chi connectivity index (χ3v) is 2.67. The van der Waals surface area contributed by atoms with Crippen LogP contribution in [0.5, 0.6) is 0 Å². The fourth-order valence-electron chi connectivity index (χ4n) is 1.83. The van der Waals surface area contributed by atoms with Gasteiger partial charge in [0.15, 0.2) is 0 Å². The van der Waals surface area contributed by atoms with Crippen molar-refractivity contribution in [1.82, 2.24) is 15.2 Å². The molecular weight excluding hydrogens is 258 g/mol. The first-order valence-corrected chi connectivity index (χ1v) is 5.83. The standard InChI is InChI=1S/C14H9N3O3/c18-12(19)7-6-11-16-17-14(20-11)10-5-1-3-9-4-2-8-15-13(9)10/h1-8H,(H,18,19)/b7-6+. The molecule has 0 radical (unpaired) electrons. The zero-order chi connectivity index (χ0) is 13.9. The van der Waals surface area contributed by atoms with Crippen LogP contribution < -0.4 is 0 Å². The van der Waals surface area contributed by atoms with Gasteiger partial charge in [-0.1, -0.05) is 18.2 Å². The van der Waals surface area contributed by atoms with Crippen LogP contribution in [0.2, 0.25) is 0 Å². The highest BCUT2D eigenvalue weighted by Crippen LogP contribution is 2.25. The maximum absolute atomic E-state index is 10.4. The predicted molar refractivity (Wildman–Crippen MR) is 71.7 cm³/mol. The van der Waals surface area contributed by atoms with Gasteiger partial charge < -0.3 is 9.52 Å². The average molecular weight is 267 g/mol. The summed E-state index contributed by atoms with van der Waals surface area (Å²) in [6.45, 7) is 0. The minimum absolute atomic E-state index is 0.135. The highest BCUT2D eigenvalue weighted by atomic mass is 16.4. The molecule has 0 amide bonds. The number of fused-ring (bicyclic) bond motifs is 1. The van der Waals surface area contributed by atoms with Gasteiger partial charge in [0.1, 0.15) is 0 Å². The molecule has 0 fully saturated rings. The Morgan fingerprint density at radius 1 is 1.20 bits per heavy atom. The molecule has 0 aliphatic rings. The fraction of sp³-hybridized carbons (Fsp3) is 0. The molecule has 1 N–H and O–H groups in total. The van der Waals surface area contributed by atoms with Crippen LogP contribution in [-0.2, 0) is 4.79 Å². The molecule has 0 aliphatic carbocycles. The van der Waals surface area contributed by atoms with E-state index in [1.807, 2.05) is 30.3 Å². The Balaban J connectivity index is 2.06. The second kappa shape index (κ2) is 4.93. The number of carboxylic acids is 1. The Morgan fingerprint density at radius 3 is 2.90 bits per heavy atom. The van der Waals surface area contributed by atoms with E-state index in [0.717, 1.165) is 17.0 Å². The lowest BCUT2D eigenvalue weighted by atomic mass is 10.1. The van der Waals surface area contributed by atoms with Gasteiger partial charge in [-0.05, 0) is 12.1 Å². The second-order valence-corrected chi connectivity index (χ2v) is 4.00. The van der Waals surface area contributed by atoms with Gasteiger partial charge in [-0.25, -0.2) is 4.79 Å². The maximum atomic E-state index is 10.4. The molecule has 98 valence electrons. The quantitative estimate of drug-likeness (QED) is 0.733. The summed E-state index contributed by atoms with van der Waals surface area (Å²) in [5.41, 5.74) is 1.47. The summed E-state index contributed by atoms with van der Waals surface area (Å²) in [6.07, 6.45) is 3.88. The molecule has 20 heavy (non-hydrogen) atoms. The summed E-state index contributed by atoms with van der Waals surface area (Å²) in [5, 5.41) is 17.2. The number of carbonyl (C=O) groups is 1. The van der Waals surface area contributed by atoms with Gasteiger partial charge >= 0.3 is 5.97 Å². The fourth-order valence-corrected chi connectivity index (χ4v) is 1.83. The lowest BCUT2D eigenvalue weighted by molar-refractivity contribution is -0.131. The zero-order valence-corrected chi connectivity index (χ0v) is 10.2. The molecule has 0 aliphatic heterocycles. The lowest BCUT2D eigenvalue weighted by Gasteiger charge is -2.00. The van der Waals surface area contributed by atoms with Crippen molar-refractivity contribution in [3.05, 3.63) is 48.5 Å². The van der Waals surface area contributed by atoms with Crippen LogP contribution in [0.1, 0.15) is 5.89 Å². The molecule has 0 unspecified atom stereocenters.